The molecule has 1 amide bonds. The second-order valence-corrected chi connectivity index (χ2v) is 4.47. The Kier molecular flexibility index (Phi) is 3.76. The van der Waals surface area contributed by atoms with E-state index in [1.54, 1.807) is 23.0 Å². The van der Waals surface area contributed by atoms with Gasteiger partial charge in [0.25, 0.3) is 5.91 Å². The predicted octanol–water partition coefficient (Wildman–Crippen LogP) is 3.06. The van der Waals surface area contributed by atoms with Crippen molar-refractivity contribution < 1.29 is 9.18 Å². The summed E-state index contributed by atoms with van der Waals surface area (Å²) in [7, 11) is 0. The molecule has 0 aliphatic heterocycles. The lowest BCUT2D eigenvalue weighted by atomic mass is 10.3. The van der Waals surface area contributed by atoms with Gasteiger partial charge in [0, 0.05) is 12.7 Å². The number of hydrogen-bond acceptors (Lipinski definition) is 2. The van der Waals surface area contributed by atoms with E-state index in [1.165, 1.54) is 12.1 Å². The quantitative estimate of drug-likeness (QED) is 0.947. The number of rotatable bonds is 3. The van der Waals surface area contributed by atoms with E-state index in [0.29, 0.717) is 11.0 Å². The number of halogens is 2. The van der Waals surface area contributed by atoms with Crippen molar-refractivity contribution in [3.63, 3.8) is 0 Å². The van der Waals surface area contributed by atoms with Crippen molar-refractivity contribution in [2.75, 3.05) is 5.32 Å². The maximum Gasteiger partial charge on any atom is 0.277 e. The number of amides is 1. The zero-order chi connectivity index (χ0) is 13.1. The molecule has 1 aromatic carbocycles. The van der Waals surface area contributed by atoms with Crippen LogP contribution in [0.3, 0.4) is 0 Å². The maximum atomic E-state index is 13.4. The minimum Gasteiger partial charge on any atom is -0.318 e. The topological polar surface area (TPSA) is 46.9 Å². The highest BCUT2D eigenvalue weighted by atomic mass is 79.9. The van der Waals surface area contributed by atoms with Gasteiger partial charge in [-0.3, -0.25) is 9.48 Å². The molecule has 0 saturated carbocycles. The molecule has 0 unspecified atom stereocenters. The summed E-state index contributed by atoms with van der Waals surface area (Å²) < 4.78 is 15.6. The van der Waals surface area contributed by atoms with Crippen LogP contribution in [0.4, 0.5) is 10.1 Å². The molecule has 18 heavy (non-hydrogen) atoms. The number of anilines is 1. The standard InChI is InChI=1S/C12H11BrFN3O/c1-2-17-7-8(13)11(16-17)12(18)15-10-6-4-3-5-9(10)14/h3-7H,2H2,1H3,(H,15,18). The highest BCUT2D eigenvalue weighted by molar-refractivity contribution is 9.10. The van der Waals surface area contributed by atoms with Crippen molar-refractivity contribution in [2.24, 2.45) is 0 Å². The molecule has 0 atom stereocenters. The summed E-state index contributed by atoms with van der Waals surface area (Å²) in [5, 5.41) is 6.57. The second kappa shape index (κ2) is 5.30. The fourth-order valence-corrected chi connectivity index (χ4v) is 1.95. The molecule has 0 fully saturated rings. The third kappa shape index (κ3) is 2.59. The van der Waals surface area contributed by atoms with Gasteiger partial charge < -0.3 is 5.32 Å². The maximum absolute atomic E-state index is 13.4. The van der Waals surface area contributed by atoms with Crippen LogP contribution in [0, 0.1) is 5.82 Å². The minimum absolute atomic E-state index is 0.139. The van der Waals surface area contributed by atoms with E-state index < -0.39 is 11.7 Å². The SMILES string of the molecule is CCn1cc(Br)c(C(=O)Nc2ccccc2F)n1. The highest BCUT2D eigenvalue weighted by Gasteiger charge is 2.16. The molecule has 6 heteroatoms. The van der Waals surface area contributed by atoms with Gasteiger partial charge in [0.05, 0.1) is 10.2 Å². The summed E-state index contributed by atoms with van der Waals surface area (Å²) in [6.07, 6.45) is 1.70. The van der Waals surface area contributed by atoms with E-state index >= 15 is 0 Å². The van der Waals surface area contributed by atoms with Gasteiger partial charge in [-0.05, 0) is 35.0 Å². The summed E-state index contributed by atoms with van der Waals surface area (Å²) in [4.78, 5) is 11.9. The van der Waals surface area contributed by atoms with Gasteiger partial charge in [-0.25, -0.2) is 4.39 Å². The number of benzene rings is 1. The Balaban J connectivity index is 2.22. The van der Waals surface area contributed by atoms with Crippen LogP contribution in [0.25, 0.3) is 0 Å². The number of para-hydroxylation sites is 1. The number of hydrogen-bond donors (Lipinski definition) is 1. The van der Waals surface area contributed by atoms with E-state index in [9.17, 15) is 9.18 Å². The minimum atomic E-state index is -0.475. The van der Waals surface area contributed by atoms with Crippen molar-refractivity contribution in [1.29, 1.82) is 0 Å². The predicted molar refractivity (Wildman–Crippen MR) is 70.0 cm³/mol. The Hall–Kier alpha value is -1.69. The van der Waals surface area contributed by atoms with Crippen LogP contribution in [0.1, 0.15) is 17.4 Å². The first-order chi connectivity index (χ1) is 8.61. The van der Waals surface area contributed by atoms with Crippen LogP contribution in [0.2, 0.25) is 0 Å². The Bertz CT molecular complexity index is 582. The molecular weight excluding hydrogens is 301 g/mol. The average Bonchev–Trinajstić information content (AvgIpc) is 2.73. The number of aromatic nitrogens is 2. The Morgan fingerprint density at radius 3 is 2.83 bits per heavy atom. The summed E-state index contributed by atoms with van der Waals surface area (Å²) >= 11 is 3.25. The molecule has 0 radical (unpaired) electrons. The van der Waals surface area contributed by atoms with Crippen molar-refractivity contribution in [3.8, 4) is 0 Å². The first-order valence-corrected chi connectivity index (χ1v) is 6.20. The third-order valence-corrected chi connectivity index (χ3v) is 2.96. The van der Waals surface area contributed by atoms with E-state index in [-0.39, 0.29) is 11.4 Å². The normalized spacial score (nSPS) is 10.4. The van der Waals surface area contributed by atoms with Crippen LogP contribution in [-0.2, 0) is 6.54 Å². The molecule has 94 valence electrons. The van der Waals surface area contributed by atoms with Gasteiger partial charge in [-0.2, -0.15) is 5.10 Å². The fourth-order valence-electron chi connectivity index (χ4n) is 1.46. The van der Waals surface area contributed by atoms with Crippen LogP contribution >= 0.6 is 15.9 Å². The summed E-state index contributed by atoms with van der Waals surface area (Å²) in [5.41, 5.74) is 0.376. The molecular formula is C12H11BrFN3O. The number of carbonyl (C=O) groups excluding carboxylic acids is 1. The second-order valence-electron chi connectivity index (χ2n) is 3.62. The van der Waals surface area contributed by atoms with Crippen LogP contribution in [0.5, 0.6) is 0 Å². The molecule has 1 heterocycles. The highest BCUT2D eigenvalue weighted by Crippen LogP contribution is 2.18. The summed E-state index contributed by atoms with van der Waals surface area (Å²) in [5.74, 6) is -0.920. The Morgan fingerprint density at radius 2 is 2.22 bits per heavy atom. The zero-order valence-corrected chi connectivity index (χ0v) is 11.2. The molecule has 0 aliphatic rings. The van der Waals surface area contributed by atoms with Gasteiger partial charge in [0.2, 0.25) is 0 Å². The lowest BCUT2D eigenvalue weighted by Crippen LogP contribution is -2.14. The van der Waals surface area contributed by atoms with E-state index in [4.69, 9.17) is 0 Å². The molecule has 1 N–H and O–H groups in total. The molecule has 0 saturated heterocycles. The first kappa shape index (κ1) is 12.8. The lowest BCUT2D eigenvalue weighted by molar-refractivity contribution is 0.102. The number of aryl methyl sites for hydroxylation is 1. The molecule has 1 aromatic heterocycles. The summed E-state index contributed by atoms with van der Waals surface area (Å²) in [6, 6.07) is 6.00. The number of nitrogens with zero attached hydrogens (tertiary/aromatic N) is 2. The fraction of sp³-hybridized carbons (Fsp3) is 0.167. The monoisotopic (exact) mass is 311 g/mol. The number of carbonyl (C=O) groups is 1. The van der Waals surface area contributed by atoms with Gasteiger partial charge in [-0.15, -0.1) is 0 Å². The van der Waals surface area contributed by atoms with Gasteiger partial charge in [0.1, 0.15) is 5.82 Å². The first-order valence-electron chi connectivity index (χ1n) is 5.40. The Labute approximate surface area is 112 Å². The van der Waals surface area contributed by atoms with Crippen molar-refractivity contribution in [3.05, 3.63) is 46.4 Å². The Morgan fingerprint density at radius 1 is 1.50 bits per heavy atom. The van der Waals surface area contributed by atoms with Crippen molar-refractivity contribution >= 4 is 27.5 Å². The molecule has 0 bridgehead atoms. The van der Waals surface area contributed by atoms with E-state index in [0.717, 1.165) is 0 Å². The van der Waals surface area contributed by atoms with Crippen molar-refractivity contribution in [1.82, 2.24) is 9.78 Å². The van der Waals surface area contributed by atoms with Crippen molar-refractivity contribution in [2.45, 2.75) is 13.5 Å². The van der Waals surface area contributed by atoms with Gasteiger partial charge >= 0.3 is 0 Å². The molecule has 0 aliphatic carbocycles. The average molecular weight is 312 g/mol. The number of nitrogens with one attached hydrogen (secondary N) is 1. The largest absolute Gasteiger partial charge is 0.318 e. The third-order valence-electron chi connectivity index (χ3n) is 2.38. The lowest BCUT2D eigenvalue weighted by Gasteiger charge is -2.04. The zero-order valence-electron chi connectivity index (χ0n) is 9.65. The molecule has 2 rings (SSSR count). The molecule has 4 nitrogen and oxygen atoms in total. The molecule has 0 spiro atoms. The van der Waals surface area contributed by atoms with Crippen LogP contribution in [0.15, 0.2) is 34.9 Å². The van der Waals surface area contributed by atoms with E-state index in [1.807, 2.05) is 6.92 Å². The van der Waals surface area contributed by atoms with Crippen LogP contribution in [-0.4, -0.2) is 15.7 Å². The van der Waals surface area contributed by atoms with Gasteiger partial charge in [0.15, 0.2) is 5.69 Å². The molecule has 2 aromatic rings. The van der Waals surface area contributed by atoms with E-state index in [2.05, 4.69) is 26.3 Å². The van der Waals surface area contributed by atoms with Crippen LogP contribution < -0.4 is 5.32 Å². The smallest absolute Gasteiger partial charge is 0.277 e. The summed E-state index contributed by atoms with van der Waals surface area (Å²) in [6.45, 7) is 2.57. The van der Waals surface area contributed by atoms with Gasteiger partial charge in [-0.1, -0.05) is 12.1 Å².